The van der Waals surface area contributed by atoms with E-state index in [0.717, 1.165) is 11.3 Å². The van der Waals surface area contributed by atoms with Crippen LogP contribution in [-0.2, 0) is 4.79 Å². The number of thioether (sulfide) groups is 1. The van der Waals surface area contributed by atoms with Crippen molar-refractivity contribution < 1.29 is 14.3 Å². The highest BCUT2D eigenvalue weighted by Crippen LogP contribution is 2.37. The molecule has 1 amide bonds. The lowest BCUT2D eigenvalue weighted by Crippen LogP contribution is -2.15. The number of fused-ring (bicyclic) bond motifs is 1. The molecule has 0 fully saturated rings. The Morgan fingerprint density at radius 1 is 1.00 bits per heavy atom. The number of amides is 1. The smallest absolute Gasteiger partial charge is 0.234 e. The molecule has 166 valence electrons. The first kappa shape index (κ1) is 21.6. The summed E-state index contributed by atoms with van der Waals surface area (Å²) in [5, 5.41) is 13.0. The molecule has 0 saturated heterocycles. The third kappa shape index (κ3) is 4.64. The average molecular weight is 499 g/mol. The fourth-order valence-electron chi connectivity index (χ4n) is 3.30. The van der Waals surface area contributed by atoms with Gasteiger partial charge in [-0.1, -0.05) is 53.2 Å². The number of carbonyl (C=O) groups excluding carboxylic acids is 1. The molecule has 0 atom stereocenters. The van der Waals surface area contributed by atoms with Crippen molar-refractivity contribution in [3.05, 3.63) is 76.8 Å². The van der Waals surface area contributed by atoms with Gasteiger partial charge in [0, 0.05) is 16.3 Å². The summed E-state index contributed by atoms with van der Waals surface area (Å²) >= 11 is 13.3. The van der Waals surface area contributed by atoms with Gasteiger partial charge in [0.2, 0.25) is 12.7 Å². The van der Waals surface area contributed by atoms with Crippen LogP contribution in [-0.4, -0.2) is 33.2 Å². The van der Waals surface area contributed by atoms with Gasteiger partial charge in [-0.2, -0.15) is 0 Å². The molecule has 1 aromatic heterocycles. The number of nitrogens with zero attached hydrogens (tertiary/aromatic N) is 3. The molecular weight excluding hydrogens is 483 g/mol. The summed E-state index contributed by atoms with van der Waals surface area (Å²) in [7, 11) is 0. The summed E-state index contributed by atoms with van der Waals surface area (Å²) in [4.78, 5) is 12.6. The van der Waals surface area contributed by atoms with Crippen LogP contribution in [0.2, 0.25) is 10.0 Å². The number of halogens is 2. The lowest BCUT2D eigenvalue weighted by Gasteiger charge is -2.11. The molecule has 0 saturated carbocycles. The summed E-state index contributed by atoms with van der Waals surface area (Å²) in [6.45, 7) is 0.192. The van der Waals surface area contributed by atoms with Crippen molar-refractivity contribution in [3.63, 3.8) is 0 Å². The molecule has 2 heterocycles. The quantitative estimate of drug-likeness (QED) is 0.343. The van der Waals surface area contributed by atoms with Gasteiger partial charge in [-0.15, -0.1) is 10.2 Å². The Balaban J connectivity index is 1.41. The maximum absolute atomic E-state index is 12.6. The van der Waals surface area contributed by atoms with Crippen LogP contribution in [0.1, 0.15) is 0 Å². The van der Waals surface area contributed by atoms with Crippen molar-refractivity contribution in [1.82, 2.24) is 14.8 Å². The molecule has 0 unspecified atom stereocenters. The van der Waals surface area contributed by atoms with E-state index in [1.165, 1.54) is 11.8 Å². The zero-order chi connectivity index (χ0) is 22.8. The summed E-state index contributed by atoms with van der Waals surface area (Å²) in [6.07, 6.45) is 0. The molecule has 5 rings (SSSR count). The third-order valence-electron chi connectivity index (χ3n) is 4.82. The number of para-hydroxylation sites is 1. The Hall–Kier alpha value is -3.20. The van der Waals surface area contributed by atoms with E-state index in [1.807, 2.05) is 53.1 Å². The van der Waals surface area contributed by atoms with E-state index in [-0.39, 0.29) is 18.5 Å². The number of nitrogens with one attached hydrogen (secondary N) is 1. The second-order valence-corrected chi connectivity index (χ2v) is 8.79. The van der Waals surface area contributed by atoms with Crippen molar-refractivity contribution in [2.24, 2.45) is 0 Å². The first-order chi connectivity index (χ1) is 16.1. The van der Waals surface area contributed by atoms with Crippen LogP contribution < -0.4 is 14.8 Å². The second-order valence-electron chi connectivity index (χ2n) is 7.01. The molecule has 10 heteroatoms. The Labute approximate surface area is 203 Å². The largest absolute Gasteiger partial charge is 0.454 e. The van der Waals surface area contributed by atoms with E-state index in [2.05, 4.69) is 15.5 Å². The molecular formula is C23H16Cl2N4O3S. The Kier molecular flexibility index (Phi) is 6.13. The number of rotatable bonds is 6. The molecule has 3 aromatic carbocycles. The number of anilines is 1. The summed E-state index contributed by atoms with van der Waals surface area (Å²) < 4.78 is 12.8. The van der Waals surface area contributed by atoms with Crippen molar-refractivity contribution in [2.75, 3.05) is 17.9 Å². The van der Waals surface area contributed by atoms with Crippen LogP contribution >= 0.6 is 35.0 Å². The van der Waals surface area contributed by atoms with Crippen molar-refractivity contribution in [2.45, 2.75) is 5.16 Å². The van der Waals surface area contributed by atoms with Gasteiger partial charge in [-0.05, 0) is 48.5 Å². The topological polar surface area (TPSA) is 78.3 Å². The molecule has 1 aliphatic heterocycles. The van der Waals surface area contributed by atoms with Gasteiger partial charge in [-0.25, -0.2) is 0 Å². The normalized spacial score (nSPS) is 12.1. The molecule has 7 nitrogen and oxygen atoms in total. The molecule has 33 heavy (non-hydrogen) atoms. The van der Waals surface area contributed by atoms with E-state index in [9.17, 15) is 4.79 Å². The fraction of sp³-hybridized carbons (Fsp3) is 0.0870. The highest BCUT2D eigenvalue weighted by Gasteiger charge is 2.20. The first-order valence-corrected chi connectivity index (χ1v) is 11.6. The summed E-state index contributed by atoms with van der Waals surface area (Å²) in [5.41, 5.74) is 2.19. The van der Waals surface area contributed by atoms with Gasteiger partial charge in [0.15, 0.2) is 22.5 Å². The van der Waals surface area contributed by atoms with Crippen molar-refractivity contribution in [3.8, 4) is 28.6 Å². The molecule has 0 aliphatic carbocycles. The molecule has 4 aromatic rings. The summed E-state index contributed by atoms with van der Waals surface area (Å²) in [5.74, 6) is 1.87. The second kappa shape index (κ2) is 9.35. The molecule has 0 radical (unpaired) electrons. The maximum atomic E-state index is 12.6. The van der Waals surface area contributed by atoms with Crippen LogP contribution in [0.4, 0.5) is 5.69 Å². The highest BCUT2D eigenvalue weighted by atomic mass is 35.5. The predicted molar refractivity (Wildman–Crippen MR) is 129 cm³/mol. The maximum Gasteiger partial charge on any atom is 0.234 e. The van der Waals surface area contributed by atoms with Gasteiger partial charge in [-0.3, -0.25) is 9.36 Å². The Morgan fingerprint density at radius 3 is 2.64 bits per heavy atom. The van der Waals surface area contributed by atoms with Crippen LogP contribution in [0.3, 0.4) is 0 Å². The van der Waals surface area contributed by atoms with E-state index >= 15 is 0 Å². The number of hydrogen-bond donors (Lipinski definition) is 1. The average Bonchev–Trinajstić information content (AvgIpc) is 3.46. The number of carbonyl (C=O) groups is 1. The third-order valence-corrected chi connectivity index (χ3v) is 6.29. The molecule has 0 bridgehead atoms. The minimum atomic E-state index is -0.225. The van der Waals surface area contributed by atoms with Gasteiger partial charge in [0.25, 0.3) is 0 Å². The standard InChI is InChI=1S/C23H16Cl2N4O3S/c24-15-7-8-18(17(25)11-15)26-21(30)12-33-23-28-27-22(29(23)16-4-2-1-3-5-16)14-6-9-19-20(10-14)32-13-31-19/h1-11H,12-13H2,(H,26,30). The van der Waals surface area contributed by atoms with Crippen LogP contribution in [0.25, 0.3) is 17.1 Å². The Bertz CT molecular complexity index is 1330. The molecule has 0 spiro atoms. The minimum Gasteiger partial charge on any atom is -0.454 e. The number of benzene rings is 3. The Morgan fingerprint density at radius 2 is 1.82 bits per heavy atom. The van der Waals surface area contributed by atoms with E-state index in [4.69, 9.17) is 32.7 Å². The van der Waals surface area contributed by atoms with Crippen LogP contribution in [0, 0.1) is 0 Å². The SMILES string of the molecule is O=C(CSc1nnc(-c2ccc3c(c2)OCO3)n1-c1ccccc1)Nc1ccc(Cl)cc1Cl. The predicted octanol–water partition coefficient (Wildman–Crippen LogP) is 5.70. The lowest BCUT2D eigenvalue weighted by molar-refractivity contribution is -0.113. The number of aromatic nitrogens is 3. The fourth-order valence-corrected chi connectivity index (χ4v) is 4.51. The highest BCUT2D eigenvalue weighted by molar-refractivity contribution is 7.99. The van der Waals surface area contributed by atoms with Crippen LogP contribution in [0.5, 0.6) is 11.5 Å². The summed E-state index contributed by atoms with van der Waals surface area (Å²) in [6, 6.07) is 20.2. The van der Waals surface area contributed by atoms with Gasteiger partial charge < -0.3 is 14.8 Å². The monoisotopic (exact) mass is 498 g/mol. The van der Waals surface area contributed by atoms with Gasteiger partial charge >= 0.3 is 0 Å². The first-order valence-electron chi connectivity index (χ1n) is 9.87. The van der Waals surface area contributed by atoms with Gasteiger partial charge in [0.1, 0.15) is 0 Å². The zero-order valence-corrected chi connectivity index (χ0v) is 19.3. The zero-order valence-electron chi connectivity index (χ0n) is 17.0. The van der Waals surface area contributed by atoms with E-state index in [1.54, 1.807) is 18.2 Å². The number of hydrogen-bond acceptors (Lipinski definition) is 6. The minimum absolute atomic E-state index is 0.116. The van der Waals surface area contributed by atoms with Crippen molar-refractivity contribution in [1.29, 1.82) is 0 Å². The number of ether oxygens (including phenoxy) is 2. The van der Waals surface area contributed by atoms with Crippen LogP contribution in [0.15, 0.2) is 71.9 Å². The lowest BCUT2D eigenvalue weighted by atomic mass is 10.2. The van der Waals surface area contributed by atoms with E-state index in [0.29, 0.717) is 38.2 Å². The van der Waals surface area contributed by atoms with Gasteiger partial charge in [0.05, 0.1) is 16.5 Å². The molecule has 1 N–H and O–H groups in total. The van der Waals surface area contributed by atoms with E-state index < -0.39 is 0 Å². The van der Waals surface area contributed by atoms with Crippen molar-refractivity contribution >= 4 is 46.6 Å². The molecule has 1 aliphatic rings.